The number of allylic oxidation sites excluding steroid dienone is 3. The number of fused-ring (bicyclic) bond motifs is 1. The summed E-state index contributed by atoms with van der Waals surface area (Å²) in [4.78, 5) is 20.1. The average Bonchev–Trinajstić information content (AvgIpc) is 2.28. The summed E-state index contributed by atoms with van der Waals surface area (Å²) in [7, 11) is 0. The summed E-state index contributed by atoms with van der Waals surface area (Å²) in [5.74, 6) is 0.0121. The van der Waals surface area contributed by atoms with Crippen LogP contribution in [-0.2, 0) is 4.79 Å². The molecule has 0 bridgehead atoms. The van der Waals surface area contributed by atoms with Crippen LogP contribution in [0.5, 0.6) is 0 Å². The van der Waals surface area contributed by atoms with E-state index in [9.17, 15) is 4.79 Å². The van der Waals surface area contributed by atoms with E-state index in [0.29, 0.717) is 23.1 Å². The first-order valence-electron chi connectivity index (χ1n) is 5.67. The van der Waals surface area contributed by atoms with Crippen LogP contribution in [0.3, 0.4) is 0 Å². The molecule has 1 unspecified atom stereocenters. The Labute approximate surface area is 105 Å². The molecular formula is C12H14ClN3O. The van der Waals surface area contributed by atoms with Crippen LogP contribution in [0, 0.1) is 5.92 Å². The van der Waals surface area contributed by atoms with Crippen molar-refractivity contribution < 1.29 is 4.79 Å². The Bertz CT molecular complexity index is 449. The lowest BCUT2D eigenvalue weighted by Gasteiger charge is -2.18. The highest BCUT2D eigenvalue weighted by Crippen LogP contribution is 2.21. The highest BCUT2D eigenvalue weighted by molar-refractivity contribution is 6.35. The molecule has 1 aliphatic heterocycles. The summed E-state index contributed by atoms with van der Waals surface area (Å²) in [6, 6.07) is 0. The number of hydrogen-bond donors (Lipinski definition) is 1. The Morgan fingerprint density at radius 3 is 3.06 bits per heavy atom. The van der Waals surface area contributed by atoms with Gasteiger partial charge in [-0.25, -0.2) is 4.99 Å². The van der Waals surface area contributed by atoms with Gasteiger partial charge in [-0.1, -0.05) is 24.6 Å². The van der Waals surface area contributed by atoms with Crippen molar-refractivity contribution in [1.29, 1.82) is 0 Å². The number of nitrogens with zero attached hydrogens (tertiary/aromatic N) is 2. The molecule has 0 aromatic carbocycles. The monoisotopic (exact) mass is 251 g/mol. The van der Waals surface area contributed by atoms with Crippen molar-refractivity contribution in [3.05, 3.63) is 23.3 Å². The second-order valence-electron chi connectivity index (χ2n) is 3.95. The summed E-state index contributed by atoms with van der Waals surface area (Å²) < 4.78 is 0. The van der Waals surface area contributed by atoms with E-state index < -0.39 is 0 Å². The lowest BCUT2D eigenvalue weighted by Crippen LogP contribution is -2.32. The molecule has 0 fully saturated rings. The molecule has 2 rings (SSSR count). The van der Waals surface area contributed by atoms with Crippen molar-refractivity contribution in [2.24, 2.45) is 15.9 Å². The summed E-state index contributed by atoms with van der Waals surface area (Å²) in [6.07, 6.45) is 6.20. The lowest BCUT2D eigenvalue weighted by molar-refractivity contribution is -0.118. The molecule has 1 N–H and O–H groups in total. The van der Waals surface area contributed by atoms with Crippen LogP contribution in [0.2, 0.25) is 0 Å². The van der Waals surface area contributed by atoms with Crippen LogP contribution in [0.1, 0.15) is 13.3 Å². The van der Waals surface area contributed by atoms with Gasteiger partial charge in [0.1, 0.15) is 11.8 Å². The molecule has 0 aromatic rings. The van der Waals surface area contributed by atoms with Crippen molar-refractivity contribution in [3.8, 4) is 0 Å². The van der Waals surface area contributed by atoms with Gasteiger partial charge in [0.2, 0.25) is 0 Å². The molecule has 0 radical (unpaired) electrons. The lowest BCUT2D eigenvalue weighted by atomic mass is 9.96. The van der Waals surface area contributed by atoms with Crippen LogP contribution in [0.25, 0.3) is 0 Å². The molecule has 0 saturated carbocycles. The number of rotatable bonds is 4. The normalized spacial score (nSPS) is 22.8. The van der Waals surface area contributed by atoms with Gasteiger partial charge in [-0.05, 0) is 25.1 Å². The smallest absolute Gasteiger partial charge is 0.260 e. The molecule has 0 aromatic heterocycles. The molecule has 1 atom stereocenters. The van der Waals surface area contributed by atoms with E-state index in [2.05, 4.69) is 22.2 Å². The maximum Gasteiger partial charge on any atom is 0.260 e. The Balaban J connectivity index is 2.11. The molecule has 1 heterocycles. The van der Waals surface area contributed by atoms with Crippen LogP contribution in [0.4, 0.5) is 0 Å². The zero-order valence-corrected chi connectivity index (χ0v) is 10.4. The summed E-state index contributed by atoms with van der Waals surface area (Å²) in [6.45, 7) is 3.49. The van der Waals surface area contributed by atoms with E-state index in [-0.39, 0.29) is 11.8 Å². The number of hydrogen-bond acceptors (Lipinski definition) is 3. The van der Waals surface area contributed by atoms with E-state index in [1.165, 1.54) is 0 Å². The maximum atomic E-state index is 11.8. The Morgan fingerprint density at radius 1 is 1.47 bits per heavy atom. The molecule has 17 heavy (non-hydrogen) atoms. The third kappa shape index (κ3) is 2.90. The van der Waals surface area contributed by atoms with Crippen molar-refractivity contribution in [3.63, 3.8) is 0 Å². The van der Waals surface area contributed by atoms with E-state index in [0.717, 1.165) is 13.0 Å². The highest BCUT2D eigenvalue weighted by Gasteiger charge is 2.27. The van der Waals surface area contributed by atoms with E-state index in [4.69, 9.17) is 11.6 Å². The number of aliphatic imine (C=N–C) groups is 2. The second-order valence-corrected chi connectivity index (χ2v) is 4.38. The van der Waals surface area contributed by atoms with Gasteiger partial charge in [0.15, 0.2) is 0 Å². The molecular weight excluding hydrogens is 238 g/mol. The largest absolute Gasteiger partial charge is 0.310 e. The Morgan fingerprint density at radius 2 is 2.29 bits per heavy atom. The SMILES string of the molecule is CCCNCC1=NC(=O)C2C=CC(Cl)=CC2=N1. The minimum Gasteiger partial charge on any atom is -0.310 e. The number of carbonyl (C=O) groups is 1. The number of amidine groups is 1. The van der Waals surface area contributed by atoms with E-state index >= 15 is 0 Å². The first kappa shape index (κ1) is 12.2. The standard InChI is InChI=1S/C12H14ClN3O/c1-2-5-14-7-11-15-10-6-8(13)3-4-9(10)12(17)16-11/h3-4,6,9,14H,2,5,7H2,1H3. The molecule has 90 valence electrons. The third-order valence-electron chi connectivity index (χ3n) is 2.53. The molecule has 0 spiro atoms. The zero-order chi connectivity index (χ0) is 12.3. The van der Waals surface area contributed by atoms with Crippen LogP contribution in [-0.4, -0.2) is 30.5 Å². The van der Waals surface area contributed by atoms with Gasteiger partial charge >= 0.3 is 0 Å². The number of halogens is 1. The fraction of sp³-hybridized carbons (Fsp3) is 0.417. The second kappa shape index (κ2) is 5.38. The zero-order valence-electron chi connectivity index (χ0n) is 9.61. The minimum absolute atomic E-state index is 0.167. The fourth-order valence-electron chi connectivity index (χ4n) is 1.70. The van der Waals surface area contributed by atoms with Gasteiger partial charge in [0, 0.05) is 5.03 Å². The van der Waals surface area contributed by atoms with Crippen molar-refractivity contribution in [1.82, 2.24) is 5.32 Å². The summed E-state index contributed by atoms with van der Waals surface area (Å²) in [5.41, 5.74) is 0.686. The molecule has 1 amide bonds. The third-order valence-corrected chi connectivity index (χ3v) is 2.76. The van der Waals surface area contributed by atoms with E-state index in [1.54, 1.807) is 18.2 Å². The Kier molecular flexibility index (Phi) is 3.86. The van der Waals surface area contributed by atoms with Gasteiger partial charge in [-0.2, -0.15) is 4.99 Å². The highest BCUT2D eigenvalue weighted by atomic mass is 35.5. The predicted molar refractivity (Wildman–Crippen MR) is 69.6 cm³/mol. The van der Waals surface area contributed by atoms with E-state index in [1.807, 2.05) is 0 Å². The summed E-state index contributed by atoms with van der Waals surface area (Å²) in [5, 5.41) is 3.76. The van der Waals surface area contributed by atoms with Crippen LogP contribution < -0.4 is 5.32 Å². The van der Waals surface area contributed by atoms with Crippen molar-refractivity contribution >= 4 is 29.1 Å². The molecule has 4 nitrogen and oxygen atoms in total. The van der Waals surface area contributed by atoms with Crippen LogP contribution >= 0.6 is 11.6 Å². The topological polar surface area (TPSA) is 53.8 Å². The Hall–Kier alpha value is -1.26. The molecule has 0 saturated heterocycles. The first-order chi connectivity index (χ1) is 8.20. The van der Waals surface area contributed by atoms with Crippen molar-refractivity contribution in [2.75, 3.05) is 13.1 Å². The fourth-order valence-corrected chi connectivity index (χ4v) is 1.89. The first-order valence-corrected chi connectivity index (χ1v) is 6.04. The molecule has 1 aliphatic carbocycles. The van der Waals surface area contributed by atoms with Gasteiger partial charge in [-0.15, -0.1) is 0 Å². The summed E-state index contributed by atoms with van der Waals surface area (Å²) >= 11 is 5.89. The average molecular weight is 252 g/mol. The quantitative estimate of drug-likeness (QED) is 0.773. The van der Waals surface area contributed by atoms with Crippen LogP contribution in [0.15, 0.2) is 33.2 Å². The van der Waals surface area contributed by atoms with Gasteiger partial charge < -0.3 is 5.32 Å². The minimum atomic E-state index is -0.354. The van der Waals surface area contributed by atoms with Gasteiger partial charge in [0.05, 0.1) is 12.3 Å². The molecule has 5 heteroatoms. The number of carbonyl (C=O) groups excluding carboxylic acids is 1. The molecule has 2 aliphatic rings. The van der Waals surface area contributed by atoms with Gasteiger partial charge in [-0.3, -0.25) is 4.79 Å². The number of nitrogens with one attached hydrogen (secondary N) is 1. The van der Waals surface area contributed by atoms with Gasteiger partial charge in [0.25, 0.3) is 5.91 Å². The predicted octanol–water partition coefficient (Wildman–Crippen LogP) is 1.67. The maximum absolute atomic E-state index is 11.8. The van der Waals surface area contributed by atoms with Crippen molar-refractivity contribution in [2.45, 2.75) is 13.3 Å². The number of amides is 1.